The fraction of sp³-hybridized carbons (Fsp3) is 0.571. The summed E-state index contributed by atoms with van der Waals surface area (Å²) in [7, 11) is 4.06. The Morgan fingerprint density at radius 3 is 2.00 bits per heavy atom. The van der Waals surface area contributed by atoms with Crippen LogP contribution in [0.25, 0.3) is 0 Å². The predicted octanol–water partition coefficient (Wildman–Crippen LogP) is 2.48. The van der Waals surface area contributed by atoms with Crippen molar-refractivity contribution < 1.29 is 5.11 Å². The zero-order chi connectivity index (χ0) is 12.4. The molecular weight excluding hydrogens is 198 g/mol. The van der Waals surface area contributed by atoms with Gasteiger partial charge in [-0.25, -0.2) is 0 Å². The molecule has 0 radical (unpaired) electrons. The fourth-order valence-corrected chi connectivity index (χ4v) is 2.10. The van der Waals surface area contributed by atoms with Crippen molar-refractivity contribution in [1.82, 2.24) is 4.90 Å². The van der Waals surface area contributed by atoms with Crippen LogP contribution in [0, 0.1) is 5.41 Å². The minimum absolute atomic E-state index is 0.197. The van der Waals surface area contributed by atoms with Gasteiger partial charge in [-0.2, -0.15) is 0 Å². The molecule has 1 aromatic rings. The summed E-state index contributed by atoms with van der Waals surface area (Å²) in [5, 5.41) is 10.7. The summed E-state index contributed by atoms with van der Waals surface area (Å²) in [6, 6.07) is 9.87. The molecule has 0 aliphatic rings. The van der Waals surface area contributed by atoms with Crippen molar-refractivity contribution in [3.05, 3.63) is 35.9 Å². The van der Waals surface area contributed by atoms with Crippen molar-refractivity contribution in [3.63, 3.8) is 0 Å². The van der Waals surface area contributed by atoms with E-state index >= 15 is 0 Å². The largest absolute Gasteiger partial charge is 0.385 e. The SMILES string of the molecule is CN(C)CC(C)(C)C(C)(O)c1ccccc1. The zero-order valence-corrected chi connectivity index (χ0v) is 11.0. The summed E-state index contributed by atoms with van der Waals surface area (Å²) in [5.74, 6) is 0. The molecule has 90 valence electrons. The van der Waals surface area contributed by atoms with E-state index in [0.717, 1.165) is 12.1 Å². The van der Waals surface area contributed by atoms with Gasteiger partial charge in [0.25, 0.3) is 0 Å². The molecule has 2 heteroatoms. The van der Waals surface area contributed by atoms with Crippen LogP contribution in [0.4, 0.5) is 0 Å². The quantitative estimate of drug-likeness (QED) is 0.844. The van der Waals surface area contributed by atoms with Crippen LogP contribution in [0.2, 0.25) is 0 Å². The van der Waals surface area contributed by atoms with Crippen LogP contribution < -0.4 is 0 Å². The number of benzene rings is 1. The van der Waals surface area contributed by atoms with Crippen LogP contribution in [0.3, 0.4) is 0 Å². The van der Waals surface area contributed by atoms with Crippen LogP contribution in [0.5, 0.6) is 0 Å². The number of hydrogen-bond donors (Lipinski definition) is 1. The molecule has 1 rings (SSSR count). The van der Waals surface area contributed by atoms with Gasteiger partial charge in [-0.3, -0.25) is 0 Å². The van der Waals surface area contributed by atoms with E-state index in [1.807, 2.05) is 51.4 Å². The van der Waals surface area contributed by atoms with Crippen LogP contribution in [-0.4, -0.2) is 30.6 Å². The average molecular weight is 221 g/mol. The Labute approximate surface area is 98.9 Å². The van der Waals surface area contributed by atoms with Gasteiger partial charge in [-0.15, -0.1) is 0 Å². The Morgan fingerprint density at radius 1 is 1.06 bits per heavy atom. The van der Waals surface area contributed by atoms with E-state index in [4.69, 9.17) is 0 Å². The maximum Gasteiger partial charge on any atom is 0.0931 e. The Bertz CT molecular complexity index is 328. The molecule has 1 atom stereocenters. The van der Waals surface area contributed by atoms with Crippen molar-refractivity contribution in [2.75, 3.05) is 20.6 Å². The van der Waals surface area contributed by atoms with Gasteiger partial charge in [0.15, 0.2) is 0 Å². The molecule has 0 aromatic heterocycles. The van der Waals surface area contributed by atoms with Gasteiger partial charge in [0.1, 0.15) is 0 Å². The van der Waals surface area contributed by atoms with Crippen molar-refractivity contribution >= 4 is 0 Å². The highest BCUT2D eigenvalue weighted by molar-refractivity contribution is 5.24. The molecule has 0 aliphatic heterocycles. The molecule has 16 heavy (non-hydrogen) atoms. The number of rotatable bonds is 4. The second-order valence-electron chi connectivity index (χ2n) is 5.56. The summed E-state index contributed by atoms with van der Waals surface area (Å²) in [6.07, 6.45) is 0. The Hall–Kier alpha value is -0.860. The molecule has 1 unspecified atom stereocenters. The third-order valence-electron chi connectivity index (χ3n) is 3.37. The van der Waals surface area contributed by atoms with E-state index < -0.39 is 5.60 Å². The number of aliphatic hydroxyl groups is 1. The maximum atomic E-state index is 10.7. The van der Waals surface area contributed by atoms with Crippen molar-refractivity contribution in [2.45, 2.75) is 26.4 Å². The first-order chi connectivity index (χ1) is 7.27. The lowest BCUT2D eigenvalue weighted by atomic mass is 9.72. The van der Waals surface area contributed by atoms with Gasteiger partial charge in [-0.1, -0.05) is 44.2 Å². The average Bonchev–Trinajstić information content (AvgIpc) is 2.17. The molecule has 0 fully saturated rings. The zero-order valence-electron chi connectivity index (χ0n) is 11.0. The first-order valence-corrected chi connectivity index (χ1v) is 5.70. The first-order valence-electron chi connectivity index (χ1n) is 5.70. The topological polar surface area (TPSA) is 23.5 Å². The molecule has 0 amide bonds. The third kappa shape index (κ3) is 2.63. The van der Waals surface area contributed by atoms with Crippen molar-refractivity contribution in [1.29, 1.82) is 0 Å². The molecule has 0 bridgehead atoms. The third-order valence-corrected chi connectivity index (χ3v) is 3.37. The summed E-state index contributed by atoms with van der Waals surface area (Å²) >= 11 is 0. The summed E-state index contributed by atoms with van der Waals surface area (Å²) in [5.41, 5.74) is -0.0435. The van der Waals surface area contributed by atoms with Gasteiger partial charge >= 0.3 is 0 Å². The molecular formula is C14H23NO. The lowest BCUT2D eigenvalue weighted by Crippen LogP contribution is -2.45. The van der Waals surface area contributed by atoms with Crippen molar-refractivity contribution in [2.24, 2.45) is 5.41 Å². The van der Waals surface area contributed by atoms with Gasteiger partial charge in [0.05, 0.1) is 5.60 Å². The van der Waals surface area contributed by atoms with Crippen LogP contribution in [0.1, 0.15) is 26.3 Å². The van der Waals surface area contributed by atoms with Crippen molar-refractivity contribution in [3.8, 4) is 0 Å². The van der Waals surface area contributed by atoms with Crippen LogP contribution >= 0.6 is 0 Å². The monoisotopic (exact) mass is 221 g/mol. The molecule has 0 spiro atoms. The van der Waals surface area contributed by atoms with Gasteiger partial charge in [0, 0.05) is 12.0 Å². The molecule has 0 saturated heterocycles. The first kappa shape index (κ1) is 13.2. The number of hydrogen-bond acceptors (Lipinski definition) is 2. The second kappa shape index (κ2) is 4.56. The molecule has 0 aliphatic carbocycles. The smallest absolute Gasteiger partial charge is 0.0931 e. The Balaban J connectivity index is 3.01. The van der Waals surface area contributed by atoms with E-state index in [-0.39, 0.29) is 5.41 Å². The highest BCUT2D eigenvalue weighted by Crippen LogP contribution is 2.39. The lowest BCUT2D eigenvalue weighted by Gasteiger charge is -2.42. The summed E-state index contributed by atoms with van der Waals surface area (Å²) in [4.78, 5) is 2.11. The molecule has 0 heterocycles. The van der Waals surface area contributed by atoms with E-state index in [0.29, 0.717) is 0 Å². The van der Waals surface area contributed by atoms with E-state index in [9.17, 15) is 5.11 Å². The minimum atomic E-state index is -0.821. The van der Waals surface area contributed by atoms with Gasteiger partial charge < -0.3 is 10.0 Å². The summed E-state index contributed by atoms with van der Waals surface area (Å²) < 4.78 is 0. The molecule has 0 saturated carbocycles. The number of nitrogens with zero attached hydrogens (tertiary/aromatic N) is 1. The van der Waals surface area contributed by atoms with Crippen LogP contribution in [-0.2, 0) is 5.60 Å². The highest BCUT2D eigenvalue weighted by atomic mass is 16.3. The Morgan fingerprint density at radius 2 is 1.56 bits per heavy atom. The normalized spacial score (nSPS) is 16.2. The standard InChI is InChI=1S/C14H23NO/c1-13(2,11-15(4)5)14(3,16)12-9-7-6-8-10-12/h6-10,16H,11H2,1-5H3. The predicted molar refractivity (Wildman–Crippen MR) is 68.3 cm³/mol. The molecule has 1 aromatic carbocycles. The molecule has 1 N–H and O–H groups in total. The molecule has 2 nitrogen and oxygen atoms in total. The fourth-order valence-electron chi connectivity index (χ4n) is 2.10. The van der Waals surface area contributed by atoms with E-state index in [2.05, 4.69) is 18.7 Å². The lowest BCUT2D eigenvalue weighted by molar-refractivity contribution is -0.0676. The van der Waals surface area contributed by atoms with Gasteiger partial charge in [-0.05, 0) is 26.6 Å². The second-order valence-corrected chi connectivity index (χ2v) is 5.56. The van der Waals surface area contributed by atoms with Gasteiger partial charge in [0.2, 0.25) is 0 Å². The Kier molecular flexibility index (Phi) is 3.76. The maximum absolute atomic E-state index is 10.7. The van der Waals surface area contributed by atoms with E-state index in [1.54, 1.807) is 0 Å². The van der Waals surface area contributed by atoms with Crippen LogP contribution in [0.15, 0.2) is 30.3 Å². The summed E-state index contributed by atoms with van der Waals surface area (Å²) in [6.45, 7) is 6.93. The minimum Gasteiger partial charge on any atom is -0.385 e. The highest BCUT2D eigenvalue weighted by Gasteiger charge is 2.40. The van der Waals surface area contributed by atoms with E-state index in [1.165, 1.54) is 0 Å².